The molecule has 1 aromatic heterocycles. The van der Waals surface area contributed by atoms with E-state index >= 15 is 0 Å². The van der Waals surface area contributed by atoms with E-state index in [4.69, 9.17) is 4.74 Å². The zero-order valence-corrected chi connectivity index (χ0v) is 13.9. The van der Waals surface area contributed by atoms with Crippen molar-refractivity contribution in [2.75, 3.05) is 32.8 Å². The molecular weight excluding hydrogens is 306 g/mol. The van der Waals surface area contributed by atoms with Gasteiger partial charge in [-0.2, -0.15) is 5.10 Å². The fourth-order valence-corrected chi connectivity index (χ4v) is 2.79. The van der Waals surface area contributed by atoms with Crippen molar-refractivity contribution >= 4 is 5.91 Å². The fourth-order valence-electron chi connectivity index (χ4n) is 2.79. The Morgan fingerprint density at radius 1 is 1.29 bits per heavy atom. The highest BCUT2D eigenvalue weighted by atomic mass is 16.5. The molecule has 128 valence electrons. The molecule has 0 bridgehead atoms. The standard InChI is InChI=1S/C17H23N5O2/c1-14(10-21-6-8-24-9-7-21)20-17(23)16-4-2-15(3-5-16)11-22-13-18-12-19-22/h2-5,12-14H,6-11H2,1H3,(H,20,23)/t14-/m1/s1. The zero-order chi connectivity index (χ0) is 16.8. The predicted octanol–water partition coefficient (Wildman–Crippen LogP) is 0.777. The molecule has 0 saturated carbocycles. The number of hydrogen-bond donors (Lipinski definition) is 1. The Bertz CT molecular complexity index is 636. The van der Waals surface area contributed by atoms with Gasteiger partial charge in [-0.05, 0) is 24.6 Å². The molecule has 0 unspecified atom stereocenters. The second kappa shape index (κ2) is 8.03. The van der Waals surface area contributed by atoms with Gasteiger partial charge < -0.3 is 10.1 Å². The van der Waals surface area contributed by atoms with E-state index in [-0.39, 0.29) is 11.9 Å². The van der Waals surface area contributed by atoms with Crippen molar-refractivity contribution in [2.45, 2.75) is 19.5 Å². The van der Waals surface area contributed by atoms with Gasteiger partial charge in [0.05, 0.1) is 19.8 Å². The molecule has 1 saturated heterocycles. The lowest BCUT2D eigenvalue weighted by Crippen LogP contribution is -2.46. The summed E-state index contributed by atoms with van der Waals surface area (Å²) in [5.74, 6) is -0.0388. The van der Waals surface area contributed by atoms with Crippen LogP contribution in [0.15, 0.2) is 36.9 Å². The molecular formula is C17H23N5O2. The minimum absolute atomic E-state index is 0.0388. The van der Waals surface area contributed by atoms with Gasteiger partial charge in [-0.3, -0.25) is 9.69 Å². The molecule has 7 heteroatoms. The SMILES string of the molecule is C[C@H](CN1CCOCC1)NC(=O)c1ccc(Cn2cncn2)cc1. The lowest BCUT2D eigenvalue weighted by atomic mass is 10.1. The second-order valence-electron chi connectivity index (χ2n) is 6.08. The first-order valence-corrected chi connectivity index (χ1v) is 8.23. The van der Waals surface area contributed by atoms with Crippen molar-refractivity contribution in [3.8, 4) is 0 Å². The number of carbonyl (C=O) groups excluding carboxylic acids is 1. The maximum atomic E-state index is 12.3. The maximum absolute atomic E-state index is 12.3. The number of amides is 1. The molecule has 1 fully saturated rings. The lowest BCUT2D eigenvalue weighted by molar-refractivity contribution is 0.0342. The predicted molar refractivity (Wildman–Crippen MR) is 89.8 cm³/mol. The van der Waals surface area contributed by atoms with Crippen LogP contribution in [-0.4, -0.2) is 64.5 Å². The van der Waals surface area contributed by atoms with E-state index in [0.29, 0.717) is 12.1 Å². The van der Waals surface area contributed by atoms with Crippen LogP contribution in [0.2, 0.25) is 0 Å². The van der Waals surface area contributed by atoms with Crippen molar-refractivity contribution in [3.05, 3.63) is 48.0 Å². The Morgan fingerprint density at radius 2 is 2.04 bits per heavy atom. The van der Waals surface area contributed by atoms with Gasteiger partial charge in [-0.15, -0.1) is 0 Å². The number of carbonyl (C=O) groups is 1. The van der Waals surface area contributed by atoms with E-state index in [1.807, 2.05) is 31.2 Å². The molecule has 0 radical (unpaired) electrons. The van der Waals surface area contributed by atoms with Crippen molar-refractivity contribution in [1.29, 1.82) is 0 Å². The summed E-state index contributed by atoms with van der Waals surface area (Å²) in [4.78, 5) is 18.6. The van der Waals surface area contributed by atoms with Gasteiger partial charge in [-0.1, -0.05) is 12.1 Å². The van der Waals surface area contributed by atoms with Crippen molar-refractivity contribution in [3.63, 3.8) is 0 Å². The van der Waals surface area contributed by atoms with Crippen molar-refractivity contribution in [1.82, 2.24) is 25.0 Å². The van der Waals surface area contributed by atoms with Gasteiger partial charge in [0.25, 0.3) is 5.91 Å². The monoisotopic (exact) mass is 329 g/mol. The summed E-state index contributed by atoms with van der Waals surface area (Å²) in [6.45, 7) is 6.93. The lowest BCUT2D eigenvalue weighted by Gasteiger charge is -2.29. The van der Waals surface area contributed by atoms with Gasteiger partial charge in [0.15, 0.2) is 0 Å². The van der Waals surface area contributed by atoms with Gasteiger partial charge >= 0.3 is 0 Å². The van der Waals surface area contributed by atoms with E-state index < -0.39 is 0 Å². The Hall–Kier alpha value is -2.25. The quantitative estimate of drug-likeness (QED) is 0.848. The minimum atomic E-state index is -0.0388. The normalized spacial score (nSPS) is 16.7. The number of rotatable bonds is 6. The minimum Gasteiger partial charge on any atom is -0.379 e. The van der Waals surface area contributed by atoms with Gasteiger partial charge in [0, 0.05) is 31.2 Å². The van der Waals surface area contributed by atoms with Crippen LogP contribution in [0.5, 0.6) is 0 Å². The molecule has 0 spiro atoms. The van der Waals surface area contributed by atoms with Crippen LogP contribution < -0.4 is 5.32 Å². The van der Waals surface area contributed by atoms with Gasteiger partial charge in [0.2, 0.25) is 0 Å². The summed E-state index contributed by atoms with van der Waals surface area (Å²) in [6, 6.07) is 7.70. The highest BCUT2D eigenvalue weighted by Gasteiger charge is 2.15. The molecule has 7 nitrogen and oxygen atoms in total. The number of nitrogens with zero attached hydrogens (tertiary/aromatic N) is 4. The first kappa shape index (κ1) is 16.6. The Balaban J connectivity index is 1.50. The van der Waals surface area contributed by atoms with Crippen LogP contribution in [-0.2, 0) is 11.3 Å². The van der Waals surface area contributed by atoms with E-state index in [9.17, 15) is 4.79 Å². The third-order valence-electron chi connectivity index (χ3n) is 4.04. The number of hydrogen-bond acceptors (Lipinski definition) is 5. The molecule has 24 heavy (non-hydrogen) atoms. The number of benzene rings is 1. The molecule has 1 atom stereocenters. The molecule has 1 aliphatic rings. The van der Waals surface area contributed by atoms with E-state index in [0.717, 1.165) is 38.4 Å². The first-order valence-electron chi connectivity index (χ1n) is 8.23. The number of aromatic nitrogens is 3. The van der Waals surface area contributed by atoms with Crippen LogP contribution >= 0.6 is 0 Å². The third-order valence-corrected chi connectivity index (χ3v) is 4.04. The molecule has 3 rings (SSSR count). The summed E-state index contributed by atoms with van der Waals surface area (Å²) >= 11 is 0. The molecule has 2 aromatic rings. The van der Waals surface area contributed by atoms with Gasteiger partial charge in [-0.25, -0.2) is 9.67 Å². The fraction of sp³-hybridized carbons (Fsp3) is 0.471. The zero-order valence-electron chi connectivity index (χ0n) is 13.9. The summed E-state index contributed by atoms with van der Waals surface area (Å²) in [5.41, 5.74) is 1.75. The van der Waals surface area contributed by atoms with Crippen LogP contribution in [0.25, 0.3) is 0 Å². The average molecular weight is 329 g/mol. The van der Waals surface area contributed by atoms with E-state index in [2.05, 4.69) is 20.3 Å². The van der Waals surface area contributed by atoms with Crippen molar-refractivity contribution < 1.29 is 9.53 Å². The highest BCUT2D eigenvalue weighted by Crippen LogP contribution is 2.07. The Labute approximate surface area is 141 Å². The Morgan fingerprint density at radius 3 is 2.71 bits per heavy atom. The number of nitrogens with one attached hydrogen (secondary N) is 1. The van der Waals surface area contributed by atoms with E-state index in [1.165, 1.54) is 6.33 Å². The summed E-state index contributed by atoms with van der Waals surface area (Å²) in [5, 5.41) is 7.14. The van der Waals surface area contributed by atoms with Crippen LogP contribution in [0.4, 0.5) is 0 Å². The van der Waals surface area contributed by atoms with Crippen LogP contribution in [0, 0.1) is 0 Å². The topological polar surface area (TPSA) is 72.3 Å². The third kappa shape index (κ3) is 4.62. The summed E-state index contributed by atoms with van der Waals surface area (Å²) in [6.07, 6.45) is 3.19. The van der Waals surface area contributed by atoms with Crippen LogP contribution in [0.3, 0.4) is 0 Å². The molecule has 2 heterocycles. The number of ether oxygens (including phenoxy) is 1. The first-order chi connectivity index (χ1) is 11.7. The smallest absolute Gasteiger partial charge is 0.251 e. The molecule has 0 aliphatic carbocycles. The van der Waals surface area contributed by atoms with E-state index in [1.54, 1.807) is 11.0 Å². The largest absolute Gasteiger partial charge is 0.379 e. The van der Waals surface area contributed by atoms with Crippen molar-refractivity contribution in [2.24, 2.45) is 0 Å². The molecule has 1 aromatic carbocycles. The second-order valence-corrected chi connectivity index (χ2v) is 6.08. The molecule has 1 amide bonds. The molecule has 1 N–H and O–H groups in total. The van der Waals surface area contributed by atoms with Gasteiger partial charge in [0.1, 0.15) is 12.7 Å². The van der Waals surface area contributed by atoms with Crippen LogP contribution in [0.1, 0.15) is 22.8 Å². The average Bonchev–Trinajstić information content (AvgIpc) is 3.09. The highest BCUT2D eigenvalue weighted by molar-refractivity contribution is 5.94. The number of morpholine rings is 1. The summed E-state index contributed by atoms with van der Waals surface area (Å²) < 4.78 is 7.09. The maximum Gasteiger partial charge on any atom is 0.251 e. The molecule has 1 aliphatic heterocycles. The summed E-state index contributed by atoms with van der Waals surface area (Å²) in [7, 11) is 0. The Kier molecular flexibility index (Phi) is 5.55.